The number of aryl methyl sites for hydroxylation is 2. The minimum Gasteiger partial charge on any atom is -0.378 e. The second-order valence-electron chi connectivity index (χ2n) is 7.22. The summed E-state index contributed by atoms with van der Waals surface area (Å²) in [6.45, 7) is 5.61. The van der Waals surface area contributed by atoms with E-state index in [2.05, 4.69) is 15.5 Å². The Kier molecular flexibility index (Phi) is 4.43. The molecule has 2 aromatic rings. The van der Waals surface area contributed by atoms with Crippen LogP contribution in [0.1, 0.15) is 43.1 Å². The highest BCUT2D eigenvalue weighted by Crippen LogP contribution is 2.27. The molecule has 0 bridgehead atoms. The first kappa shape index (κ1) is 16.5. The highest BCUT2D eigenvalue weighted by Gasteiger charge is 2.27. The van der Waals surface area contributed by atoms with Crippen LogP contribution in [0.5, 0.6) is 0 Å². The first-order valence-corrected chi connectivity index (χ1v) is 9.07. The van der Waals surface area contributed by atoms with Crippen LogP contribution in [0.2, 0.25) is 0 Å². The second kappa shape index (κ2) is 6.72. The van der Waals surface area contributed by atoms with Gasteiger partial charge in [0.2, 0.25) is 0 Å². The fraction of sp³-hybridized carbons (Fsp3) is 0.611. The average Bonchev–Trinajstić information content (AvgIpc) is 2.91. The number of aromatic nitrogens is 4. The van der Waals surface area contributed by atoms with Crippen molar-refractivity contribution < 1.29 is 4.74 Å². The third-order valence-corrected chi connectivity index (χ3v) is 5.19. The van der Waals surface area contributed by atoms with Crippen molar-refractivity contribution in [1.29, 1.82) is 0 Å². The standard InChI is InChI=1S/C18H25N5O2/c1-12-9-13(2)22(20-12)17-7-8-18(24)23(21-17)16-5-3-14(4-6-16)19-15-10-25-11-15/h7-9,14-16,19H,3-6,10-11H2,1-2H3. The van der Waals surface area contributed by atoms with E-state index in [1.54, 1.807) is 21.5 Å². The molecule has 7 heteroatoms. The lowest BCUT2D eigenvalue weighted by molar-refractivity contribution is -0.0126. The molecule has 0 radical (unpaired) electrons. The molecule has 0 amide bonds. The molecule has 0 unspecified atom stereocenters. The zero-order chi connectivity index (χ0) is 17.4. The van der Waals surface area contributed by atoms with Crippen molar-refractivity contribution in [3.63, 3.8) is 0 Å². The third kappa shape index (κ3) is 3.39. The Hall–Kier alpha value is -1.99. The molecule has 1 saturated heterocycles. The van der Waals surface area contributed by atoms with Gasteiger partial charge in [-0.2, -0.15) is 5.10 Å². The highest BCUT2D eigenvalue weighted by molar-refractivity contribution is 5.23. The summed E-state index contributed by atoms with van der Waals surface area (Å²) in [6.07, 6.45) is 4.08. The summed E-state index contributed by atoms with van der Waals surface area (Å²) >= 11 is 0. The molecule has 1 aliphatic carbocycles. The Balaban J connectivity index is 1.49. The maximum Gasteiger partial charge on any atom is 0.267 e. The molecule has 25 heavy (non-hydrogen) atoms. The molecule has 2 aromatic heterocycles. The van der Waals surface area contributed by atoms with Crippen LogP contribution in [-0.2, 0) is 4.74 Å². The number of nitrogens with zero attached hydrogens (tertiary/aromatic N) is 4. The molecular weight excluding hydrogens is 318 g/mol. The van der Waals surface area contributed by atoms with Crippen molar-refractivity contribution in [2.75, 3.05) is 13.2 Å². The largest absolute Gasteiger partial charge is 0.378 e. The van der Waals surface area contributed by atoms with Crippen molar-refractivity contribution in [3.8, 4) is 5.82 Å². The van der Waals surface area contributed by atoms with Gasteiger partial charge in [0.1, 0.15) is 0 Å². The summed E-state index contributed by atoms with van der Waals surface area (Å²) < 4.78 is 8.68. The SMILES string of the molecule is Cc1cc(C)n(-c2ccc(=O)n(C3CCC(NC4COC4)CC3)n2)n1. The van der Waals surface area contributed by atoms with E-state index in [1.165, 1.54) is 0 Å². The summed E-state index contributed by atoms with van der Waals surface area (Å²) in [5.74, 6) is 0.706. The number of hydrogen-bond acceptors (Lipinski definition) is 5. The third-order valence-electron chi connectivity index (χ3n) is 5.19. The summed E-state index contributed by atoms with van der Waals surface area (Å²) in [5, 5.41) is 12.7. The maximum absolute atomic E-state index is 12.3. The van der Waals surface area contributed by atoms with E-state index in [-0.39, 0.29) is 11.6 Å². The molecular formula is C18H25N5O2. The normalized spacial score (nSPS) is 24.2. The topological polar surface area (TPSA) is 74.0 Å². The van der Waals surface area contributed by atoms with Gasteiger partial charge in [-0.05, 0) is 51.7 Å². The van der Waals surface area contributed by atoms with Crippen LogP contribution in [-0.4, -0.2) is 44.9 Å². The van der Waals surface area contributed by atoms with Gasteiger partial charge in [-0.1, -0.05) is 0 Å². The summed E-state index contributed by atoms with van der Waals surface area (Å²) in [6, 6.07) is 6.58. The fourth-order valence-electron chi connectivity index (χ4n) is 3.80. The van der Waals surface area contributed by atoms with Crippen molar-refractivity contribution in [2.45, 2.75) is 57.7 Å². The van der Waals surface area contributed by atoms with Gasteiger partial charge in [0.25, 0.3) is 5.56 Å². The lowest BCUT2D eigenvalue weighted by atomic mass is 9.90. The minimum absolute atomic E-state index is 0.0333. The maximum atomic E-state index is 12.3. The zero-order valence-corrected chi connectivity index (χ0v) is 14.8. The van der Waals surface area contributed by atoms with Crippen LogP contribution in [0.4, 0.5) is 0 Å². The quantitative estimate of drug-likeness (QED) is 0.911. The van der Waals surface area contributed by atoms with E-state index in [0.29, 0.717) is 17.9 Å². The molecule has 0 atom stereocenters. The van der Waals surface area contributed by atoms with Crippen molar-refractivity contribution in [3.05, 3.63) is 39.9 Å². The molecule has 2 aliphatic rings. The second-order valence-corrected chi connectivity index (χ2v) is 7.22. The fourth-order valence-corrected chi connectivity index (χ4v) is 3.80. The molecule has 3 heterocycles. The van der Waals surface area contributed by atoms with Gasteiger partial charge in [-0.25, -0.2) is 9.36 Å². The molecule has 1 saturated carbocycles. The highest BCUT2D eigenvalue weighted by atomic mass is 16.5. The van der Waals surface area contributed by atoms with E-state index >= 15 is 0 Å². The lowest BCUT2D eigenvalue weighted by Crippen LogP contribution is -2.51. The Labute approximate surface area is 147 Å². The molecule has 1 aliphatic heterocycles. The van der Waals surface area contributed by atoms with Gasteiger partial charge in [-0.3, -0.25) is 4.79 Å². The molecule has 2 fully saturated rings. The minimum atomic E-state index is -0.0333. The average molecular weight is 343 g/mol. The van der Waals surface area contributed by atoms with Crippen molar-refractivity contribution >= 4 is 0 Å². The molecule has 0 spiro atoms. The number of hydrogen-bond donors (Lipinski definition) is 1. The van der Waals surface area contributed by atoms with Gasteiger partial charge in [0.15, 0.2) is 5.82 Å². The van der Waals surface area contributed by atoms with E-state index in [1.807, 2.05) is 19.9 Å². The predicted octanol–water partition coefficient (Wildman–Crippen LogP) is 1.52. The first-order chi connectivity index (χ1) is 12.1. The number of nitrogens with one attached hydrogen (secondary N) is 1. The van der Waals surface area contributed by atoms with E-state index in [4.69, 9.17) is 4.74 Å². The first-order valence-electron chi connectivity index (χ1n) is 9.07. The summed E-state index contributed by atoms with van der Waals surface area (Å²) in [5.41, 5.74) is 1.93. The predicted molar refractivity (Wildman–Crippen MR) is 94.1 cm³/mol. The number of rotatable bonds is 4. The molecule has 1 N–H and O–H groups in total. The molecule has 0 aromatic carbocycles. The van der Waals surface area contributed by atoms with E-state index in [9.17, 15) is 4.79 Å². The Bertz CT molecular complexity index is 800. The molecule has 134 valence electrons. The van der Waals surface area contributed by atoms with Gasteiger partial charge in [0, 0.05) is 17.8 Å². The Morgan fingerprint density at radius 1 is 1.08 bits per heavy atom. The Morgan fingerprint density at radius 3 is 2.44 bits per heavy atom. The van der Waals surface area contributed by atoms with Crippen LogP contribution in [0.3, 0.4) is 0 Å². The smallest absolute Gasteiger partial charge is 0.267 e. The van der Waals surface area contributed by atoms with Crippen molar-refractivity contribution in [2.24, 2.45) is 0 Å². The van der Waals surface area contributed by atoms with Gasteiger partial charge < -0.3 is 10.1 Å². The Morgan fingerprint density at radius 2 is 1.84 bits per heavy atom. The molecule has 7 nitrogen and oxygen atoms in total. The molecule has 4 rings (SSSR count). The van der Waals surface area contributed by atoms with Crippen LogP contribution >= 0.6 is 0 Å². The van der Waals surface area contributed by atoms with Crippen LogP contribution < -0.4 is 10.9 Å². The lowest BCUT2D eigenvalue weighted by Gasteiger charge is -2.35. The number of ether oxygens (including phenoxy) is 1. The van der Waals surface area contributed by atoms with E-state index < -0.39 is 0 Å². The van der Waals surface area contributed by atoms with Crippen LogP contribution in [0.15, 0.2) is 23.0 Å². The van der Waals surface area contributed by atoms with E-state index in [0.717, 1.165) is 50.3 Å². The monoisotopic (exact) mass is 343 g/mol. The van der Waals surface area contributed by atoms with Gasteiger partial charge >= 0.3 is 0 Å². The zero-order valence-electron chi connectivity index (χ0n) is 14.8. The van der Waals surface area contributed by atoms with Crippen LogP contribution in [0, 0.1) is 13.8 Å². The summed E-state index contributed by atoms with van der Waals surface area (Å²) in [4.78, 5) is 12.3. The van der Waals surface area contributed by atoms with Gasteiger partial charge in [-0.15, -0.1) is 5.10 Å². The van der Waals surface area contributed by atoms with Crippen molar-refractivity contribution in [1.82, 2.24) is 24.9 Å². The summed E-state index contributed by atoms with van der Waals surface area (Å²) in [7, 11) is 0. The van der Waals surface area contributed by atoms with Gasteiger partial charge in [0.05, 0.1) is 31.0 Å². The van der Waals surface area contributed by atoms with Crippen LogP contribution in [0.25, 0.3) is 5.82 Å².